The Morgan fingerprint density at radius 3 is 2.00 bits per heavy atom. The molecular weight excluding hydrogens is 407 g/mol. The number of halogens is 1. The van der Waals surface area contributed by atoms with Crippen molar-refractivity contribution < 1.29 is 14.1 Å². The average molecular weight is 436 g/mol. The number of aliphatic hydroxyl groups is 1. The summed E-state index contributed by atoms with van der Waals surface area (Å²) in [5.74, 6) is -0.397. The number of hydrogen-bond acceptors (Lipinski definition) is 2. The standard InChI is InChI=1S/C26H27FN2OS/c1-17-14-18(2)16-22(15-17)28-25(31)23(24(30)19-6-8-21(27)9-7-19)29-12-10-20(11-13-29)26(3,4)5/h6-16H,1-5H3,(H-,28,30,31)/p+1. The van der Waals surface area contributed by atoms with Gasteiger partial charge in [-0.2, -0.15) is 4.57 Å². The number of aryl methyl sites for hydroxylation is 2. The highest BCUT2D eigenvalue weighted by atomic mass is 32.1. The Bertz CT molecular complexity index is 1110. The number of nitrogens with one attached hydrogen (secondary N) is 1. The fourth-order valence-electron chi connectivity index (χ4n) is 3.40. The third-order valence-electron chi connectivity index (χ3n) is 4.99. The van der Waals surface area contributed by atoms with E-state index >= 15 is 0 Å². The second-order valence-corrected chi connectivity index (χ2v) is 9.19. The summed E-state index contributed by atoms with van der Waals surface area (Å²) in [5.41, 5.74) is 5.13. The number of thiocarbonyl (C=S) groups is 1. The van der Waals surface area contributed by atoms with Gasteiger partial charge in [0, 0.05) is 23.4 Å². The molecule has 0 unspecified atom stereocenters. The molecule has 0 saturated carbocycles. The molecular formula is C26H28FN2OS+. The van der Waals surface area contributed by atoms with Crippen molar-refractivity contribution in [2.45, 2.75) is 40.0 Å². The van der Waals surface area contributed by atoms with Crippen molar-refractivity contribution in [1.29, 1.82) is 0 Å². The maximum absolute atomic E-state index is 13.4. The van der Waals surface area contributed by atoms with E-state index in [1.807, 2.05) is 50.5 Å². The molecule has 3 aromatic rings. The molecule has 0 spiro atoms. The van der Waals surface area contributed by atoms with Gasteiger partial charge < -0.3 is 10.4 Å². The molecule has 3 rings (SSSR count). The van der Waals surface area contributed by atoms with Crippen molar-refractivity contribution in [2.75, 3.05) is 5.32 Å². The molecule has 0 saturated heterocycles. The van der Waals surface area contributed by atoms with Crippen molar-refractivity contribution in [3.8, 4) is 0 Å². The van der Waals surface area contributed by atoms with E-state index in [4.69, 9.17) is 12.2 Å². The number of anilines is 1. The zero-order valence-corrected chi connectivity index (χ0v) is 19.3. The normalized spacial score (nSPS) is 12.3. The van der Waals surface area contributed by atoms with Crippen molar-refractivity contribution in [2.24, 2.45) is 0 Å². The second kappa shape index (κ2) is 8.98. The summed E-state index contributed by atoms with van der Waals surface area (Å²) in [6.45, 7) is 10.5. The van der Waals surface area contributed by atoms with Crippen LogP contribution in [0.15, 0.2) is 67.0 Å². The van der Waals surface area contributed by atoms with Crippen LogP contribution < -0.4 is 9.88 Å². The summed E-state index contributed by atoms with van der Waals surface area (Å²) in [5, 5.41) is 14.4. The molecule has 3 nitrogen and oxygen atoms in total. The Balaban J connectivity index is 2.08. The largest absolute Gasteiger partial charge is 0.502 e. The summed E-state index contributed by atoms with van der Waals surface area (Å²) in [7, 11) is 0. The molecule has 31 heavy (non-hydrogen) atoms. The fraction of sp³-hybridized carbons (Fsp3) is 0.231. The van der Waals surface area contributed by atoms with Crippen LogP contribution in [-0.4, -0.2) is 10.1 Å². The predicted molar refractivity (Wildman–Crippen MR) is 130 cm³/mol. The van der Waals surface area contributed by atoms with Gasteiger partial charge in [-0.3, -0.25) is 0 Å². The third kappa shape index (κ3) is 5.56. The molecule has 0 fully saturated rings. The SMILES string of the molecule is Cc1cc(C)cc(NC(=S)/C(=C(/O)c2ccc(F)cc2)[n+]2ccc(C(C)(C)C)cc2)c1. The van der Waals surface area contributed by atoms with Crippen molar-refractivity contribution in [1.82, 2.24) is 0 Å². The van der Waals surface area contributed by atoms with Crippen LogP contribution in [0.2, 0.25) is 0 Å². The molecule has 0 aliphatic rings. The van der Waals surface area contributed by atoms with E-state index in [9.17, 15) is 9.50 Å². The highest BCUT2D eigenvalue weighted by Gasteiger charge is 2.25. The summed E-state index contributed by atoms with van der Waals surface area (Å²) in [6.07, 6.45) is 3.76. The molecule has 2 N–H and O–H groups in total. The molecule has 0 bridgehead atoms. The first-order chi connectivity index (χ1) is 14.5. The Labute approximate surface area is 188 Å². The maximum atomic E-state index is 13.4. The van der Waals surface area contributed by atoms with E-state index < -0.39 is 0 Å². The number of hydrogen-bond donors (Lipinski definition) is 2. The van der Waals surface area contributed by atoms with E-state index in [1.165, 1.54) is 24.3 Å². The molecule has 1 heterocycles. The van der Waals surface area contributed by atoms with Crippen LogP contribution in [0.5, 0.6) is 0 Å². The number of rotatable bonds is 4. The number of nitrogens with zero attached hydrogens (tertiary/aromatic N) is 1. The van der Waals surface area contributed by atoms with E-state index in [2.05, 4.69) is 32.2 Å². The second-order valence-electron chi connectivity index (χ2n) is 8.78. The minimum Gasteiger partial charge on any atom is -0.502 e. The van der Waals surface area contributed by atoms with Gasteiger partial charge in [-0.05, 0) is 72.4 Å². The molecule has 160 valence electrons. The summed E-state index contributed by atoms with van der Waals surface area (Å²) in [4.78, 5) is 0.361. The Morgan fingerprint density at radius 2 is 1.48 bits per heavy atom. The zero-order valence-electron chi connectivity index (χ0n) is 18.5. The monoisotopic (exact) mass is 435 g/mol. The van der Waals surface area contributed by atoms with Gasteiger partial charge in [0.1, 0.15) is 5.82 Å². The minimum absolute atomic E-state index is 0.000178. The fourth-order valence-corrected chi connectivity index (χ4v) is 3.72. The van der Waals surface area contributed by atoms with Gasteiger partial charge in [0.25, 0.3) is 5.70 Å². The van der Waals surface area contributed by atoms with Gasteiger partial charge in [-0.1, -0.05) is 39.1 Å². The van der Waals surface area contributed by atoms with Crippen LogP contribution in [0.4, 0.5) is 10.1 Å². The summed E-state index contributed by atoms with van der Waals surface area (Å²) >= 11 is 5.71. The van der Waals surface area contributed by atoms with Gasteiger partial charge in [0.15, 0.2) is 23.1 Å². The quantitative estimate of drug-likeness (QED) is 0.217. The molecule has 5 heteroatoms. The van der Waals surface area contributed by atoms with E-state index in [1.54, 1.807) is 4.57 Å². The van der Waals surface area contributed by atoms with Crippen molar-refractivity contribution >= 4 is 34.3 Å². The van der Waals surface area contributed by atoms with Crippen LogP contribution in [0, 0.1) is 19.7 Å². The predicted octanol–water partition coefficient (Wildman–Crippen LogP) is 6.35. The van der Waals surface area contributed by atoms with Crippen molar-refractivity contribution in [3.05, 3.63) is 95.1 Å². The van der Waals surface area contributed by atoms with Crippen LogP contribution in [0.25, 0.3) is 11.5 Å². The van der Waals surface area contributed by atoms with E-state index in [-0.39, 0.29) is 17.0 Å². The van der Waals surface area contributed by atoms with Gasteiger partial charge in [0.2, 0.25) is 0 Å². The van der Waals surface area contributed by atoms with Crippen LogP contribution in [-0.2, 0) is 5.41 Å². The lowest BCUT2D eigenvalue weighted by atomic mass is 9.88. The average Bonchev–Trinajstić information content (AvgIpc) is 2.67. The van der Waals surface area contributed by atoms with E-state index in [0.29, 0.717) is 16.2 Å². The van der Waals surface area contributed by atoms with Gasteiger partial charge in [-0.15, -0.1) is 0 Å². The van der Waals surface area contributed by atoms with Gasteiger partial charge in [-0.25, -0.2) is 4.39 Å². The third-order valence-corrected chi connectivity index (χ3v) is 5.29. The van der Waals surface area contributed by atoms with Gasteiger partial charge in [0.05, 0.1) is 0 Å². The zero-order chi connectivity index (χ0) is 22.8. The molecule has 0 aliphatic carbocycles. The Morgan fingerprint density at radius 1 is 0.935 bits per heavy atom. The van der Waals surface area contributed by atoms with Crippen LogP contribution >= 0.6 is 12.2 Å². The van der Waals surface area contributed by atoms with E-state index in [0.717, 1.165) is 22.4 Å². The first kappa shape index (κ1) is 22.6. The molecule has 2 aromatic carbocycles. The molecule has 0 aliphatic heterocycles. The topological polar surface area (TPSA) is 36.1 Å². The lowest BCUT2D eigenvalue weighted by molar-refractivity contribution is -0.575. The number of benzene rings is 2. The first-order valence-electron chi connectivity index (χ1n) is 10.2. The number of pyridine rings is 1. The Hall–Kier alpha value is -3.05. The first-order valence-corrected chi connectivity index (χ1v) is 10.6. The lowest BCUT2D eigenvalue weighted by Crippen LogP contribution is -2.39. The summed E-state index contributed by atoms with van der Waals surface area (Å²) in [6, 6.07) is 15.8. The number of aliphatic hydroxyl groups excluding tert-OH is 1. The smallest absolute Gasteiger partial charge is 0.288 e. The minimum atomic E-state index is -0.365. The molecule has 0 atom stereocenters. The van der Waals surface area contributed by atoms with Crippen LogP contribution in [0.3, 0.4) is 0 Å². The molecule has 0 radical (unpaired) electrons. The lowest BCUT2D eigenvalue weighted by Gasteiger charge is -2.18. The highest BCUT2D eigenvalue weighted by molar-refractivity contribution is 7.81. The van der Waals surface area contributed by atoms with Gasteiger partial charge >= 0.3 is 0 Å². The van der Waals surface area contributed by atoms with Crippen LogP contribution in [0.1, 0.15) is 43.0 Å². The number of aromatic nitrogens is 1. The Kier molecular flexibility index (Phi) is 6.56. The maximum Gasteiger partial charge on any atom is 0.288 e. The van der Waals surface area contributed by atoms with Crippen molar-refractivity contribution in [3.63, 3.8) is 0 Å². The summed E-state index contributed by atoms with van der Waals surface area (Å²) < 4.78 is 15.2. The molecule has 1 aromatic heterocycles. The highest BCUT2D eigenvalue weighted by Crippen LogP contribution is 2.23. The molecule has 0 amide bonds.